The standard InChI is InChI=1S/C23H35N5O/c1-24-15-21-14-22(25-28(21)5)18-8-6-17(7-9-18)16-27(4)23(29)19-10-12-20(13-11-19)26(2)3/h10-14,17-18,24H,6-9,15-16H2,1-5H3. The average molecular weight is 398 g/mol. The van der Waals surface area contributed by atoms with Gasteiger partial charge in [0.25, 0.3) is 5.91 Å². The molecular formula is C23H35N5O. The normalized spacial score (nSPS) is 19.2. The second kappa shape index (κ2) is 9.44. The number of nitrogens with one attached hydrogen (secondary N) is 1. The molecule has 6 nitrogen and oxygen atoms in total. The first-order chi connectivity index (χ1) is 13.9. The number of aryl methyl sites for hydroxylation is 1. The van der Waals surface area contributed by atoms with Crippen LogP contribution in [-0.4, -0.2) is 55.3 Å². The maximum Gasteiger partial charge on any atom is 0.253 e. The Labute approximate surface area is 174 Å². The van der Waals surface area contributed by atoms with Crippen LogP contribution < -0.4 is 10.2 Å². The van der Waals surface area contributed by atoms with E-state index in [1.807, 2.05) is 74.0 Å². The minimum Gasteiger partial charge on any atom is -0.378 e. The van der Waals surface area contributed by atoms with Crippen molar-refractivity contribution in [1.82, 2.24) is 20.0 Å². The van der Waals surface area contributed by atoms with Gasteiger partial charge in [-0.05, 0) is 69.0 Å². The zero-order chi connectivity index (χ0) is 21.0. The van der Waals surface area contributed by atoms with Crippen molar-refractivity contribution in [3.8, 4) is 0 Å². The van der Waals surface area contributed by atoms with Crippen LogP contribution in [0.15, 0.2) is 30.3 Å². The van der Waals surface area contributed by atoms with Gasteiger partial charge in [-0.3, -0.25) is 9.48 Å². The van der Waals surface area contributed by atoms with Crippen molar-refractivity contribution in [3.63, 3.8) is 0 Å². The van der Waals surface area contributed by atoms with Crippen LogP contribution in [0.4, 0.5) is 5.69 Å². The van der Waals surface area contributed by atoms with Crippen LogP contribution in [0, 0.1) is 5.92 Å². The topological polar surface area (TPSA) is 53.4 Å². The number of anilines is 1. The number of rotatable bonds is 7. The molecule has 6 heteroatoms. The van der Waals surface area contributed by atoms with Gasteiger partial charge in [0.1, 0.15) is 0 Å². The molecule has 0 spiro atoms. The number of amides is 1. The summed E-state index contributed by atoms with van der Waals surface area (Å²) in [5.74, 6) is 1.23. The van der Waals surface area contributed by atoms with E-state index in [9.17, 15) is 4.79 Å². The molecule has 1 aliphatic rings. The van der Waals surface area contributed by atoms with Crippen LogP contribution in [0.25, 0.3) is 0 Å². The summed E-state index contributed by atoms with van der Waals surface area (Å²) >= 11 is 0. The molecule has 2 aromatic rings. The van der Waals surface area contributed by atoms with Crippen LogP contribution in [0.3, 0.4) is 0 Å². The number of hydrogen-bond donors (Lipinski definition) is 1. The van der Waals surface area contributed by atoms with Gasteiger partial charge < -0.3 is 15.1 Å². The van der Waals surface area contributed by atoms with E-state index in [0.29, 0.717) is 11.8 Å². The molecule has 1 N–H and O–H groups in total. The van der Waals surface area contributed by atoms with E-state index in [4.69, 9.17) is 5.10 Å². The van der Waals surface area contributed by atoms with E-state index >= 15 is 0 Å². The zero-order valence-corrected chi connectivity index (χ0v) is 18.5. The third kappa shape index (κ3) is 5.18. The van der Waals surface area contributed by atoms with Crippen LogP contribution in [0.1, 0.15) is 53.3 Å². The highest BCUT2D eigenvalue weighted by Gasteiger charge is 2.26. The monoisotopic (exact) mass is 397 g/mol. The Balaban J connectivity index is 1.52. The summed E-state index contributed by atoms with van der Waals surface area (Å²) in [4.78, 5) is 16.7. The second-order valence-electron chi connectivity index (χ2n) is 8.56. The Morgan fingerprint density at radius 3 is 2.38 bits per heavy atom. The smallest absolute Gasteiger partial charge is 0.253 e. The van der Waals surface area contributed by atoms with Gasteiger partial charge in [-0.15, -0.1) is 0 Å². The molecule has 158 valence electrons. The number of aromatic nitrogens is 2. The Kier molecular flexibility index (Phi) is 6.96. The molecule has 1 amide bonds. The van der Waals surface area contributed by atoms with Crippen molar-refractivity contribution >= 4 is 11.6 Å². The predicted octanol–water partition coefficient (Wildman–Crippen LogP) is 3.25. The molecule has 3 rings (SSSR count). The summed E-state index contributed by atoms with van der Waals surface area (Å²) < 4.78 is 1.99. The molecule has 1 aliphatic carbocycles. The summed E-state index contributed by atoms with van der Waals surface area (Å²) in [6, 6.07) is 10.1. The van der Waals surface area contributed by atoms with Gasteiger partial charge in [0.05, 0.1) is 11.4 Å². The highest BCUT2D eigenvalue weighted by Crippen LogP contribution is 2.35. The fourth-order valence-electron chi connectivity index (χ4n) is 4.31. The van der Waals surface area contributed by atoms with Crippen molar-refractivity contribution < 1.29 is 4.79 Å². The van der Waals surface area contributed by atoms with E-state index in [0.717, 1.165) is 50.0 Å². The Bertz CT molecular complexity index is 803. The highest BCUT2D eigenvalue weighted by molar-refractivity contribution is 5.94. The average Bonchev–Trinajstić information content (AvgIpc) is 3.08. The molecule has 1 saturated carbocycles. The maximum atomic E-state index is 12.8. The molecule has 1 heterocycles. The third-order valence-electron chi connectivity index (χ3n) is 6.13. The van der Waals surface area contributed by atoms with Crippen molar-refractivity contribution in [3.05, 3.63) is 47.3 Å². The largest absolute Gasteiger partial charge is 0.378 e. The van der Waals surface area contributed by atoms with Crippen molar-refractivity contribution in [2.24, 2.45) is 13.0 Å². The Morgan fingerprint density at radius 1 is 1.14 bits per heavy atom. The number of hydrogen-bond acceptors (Lipinski definition) is 4. The fraction of sp³-hybridized carbons (Fsp3) is 0.565. The summed E-state index contributed by atoms with van der Waals surface area (Å²) in [5.41, 5.74) is 4.32. The Morgan fingerprint density at radius 2 is 1.79 bits per heavy atom. The highest BCUT2D eigenvalue weighted by atomic mass is 16.2. The van der Waals surface area contributed by atoms with E-state index in [2.05, 4.69) is 11.4 Å². The summed E-state index contributed by atoms with van der Waals surface area (Å²) in [5, 5.41) is 7.94. The Hall–Kier alpha value is -2.34. The first-order valence-corrected chi connectivity index (χ1v) is 10.6. The lowest BCUT2D eigenvalue weighted by atomic mass is 9.80. The lowest BCUT2D eigenvalue weighted by Crippen LogP contribution is -2.33. The molecule has 1 aromatic carbocycles. The van der Waals surface area contributed by atoms with Gasteiger partial charge in [-0.2, -0.15) is 5.10 Å². The summed E-state index contributed by atoms with van der Waals surface area (Å²) in [6.07, 6.45) is 4.61. The minimum absolute atomic E-state index is 0.110. The first-order valence-electron chi connectivity index (χ1n) is 10.6. The van der Waals surface area contributed by atoms with Gasteiger partial charge in [0.2, 0.25) is 0 Å². The minimum atomic E-state index is 0.110. The molecule has 0 aliphatic heterocycles. The zero-order valence-electron chi connectivity index (χ0n) is 18.5. The summed E-state index contributed by atoms with van der Waals surface area (Å²) in [6.45, 7) is 1.68. The SMILES string of the molecule is CNCc1cc(C2CCC(CN(C)C(=O)c3ccc(N(C)C)cc3)CC2)nn1C. The molecule has 29 heavy (non-hydrogen) atoms. The molecule has 0 saturated heterocycles. The summed E-state index contributed by atoms with van der Waals surface area (Å²) in [7, 11) is 9.92. The number of carbonyl (C=O) groups is 1. The molecular weight excluding hydrogens is 362 g/mol. The van der Waals surface area contributed by atoms with Gasteiger partial charge in [-0.1, -0.05) is 0 Å². The van der Waals surface area contributed by atoms with Crippen molar-refractivity contribution in [1.29, 1.82) is 0 Å². The van der Waals surface area contributed by atoms with Crippen molar-refractivity contribution in [2.75, 3.05) is 39.6 Å². The second-order valence-corrected chi connectivity index (χ2v) is 8.56. The molecule has 0 radical (unpaired) electrons. The first kappa shape index (κ1) is 21.4. The van der Waals surface area contributed by atoms with Gasteiger partial charge >= 0.3 is 0 Å². The van der Waals surface area contributed by atoms with Crippen LogP contribution >= 0.6 is 0 Å². The molecule has 0 atom stereocenters. The number of benzene rings is 1. The van der Waals surface area contributed by atoms with E-state index < -0.39 is 0 Å². The van der Waals surface area contributed by atoms with Crippen LogP contribution in [0.2, 0.25) is 0 Å². The predicted molar refractivity (Wildman–Crippen MR) is 118 cm³/mol. The van der Waals surface area contributed by atoms with Crippen LogP contribution in [0.5, 0.6) is 0 Å². The number of nitrogens with zero attached hydrogens (tertiary/aromatic N) is 4. The lowest BCUT2D eigenvalue weighted by Gasteiger charge is -2.30. The van der Waals surface area contributed by atoms with E-state index in [1.165, 1.54) is 11.4 Å². The van der Waals surface area contributed by atoms with Gasteiger partial charge in [-0.25, -0.2) is 0 Å². The third-order valence-corrected chi connectivity index (χ3v) is 6.13. The van der Waals surface area contributed by atoms with E-state index in [1.54, 1.807) is 0 Å². The molecule has 1 fully saturated rings. The van der Waals surface area contributed by atoms with Gasteiger partial charge in [0, 0.05) is 58.4 Å². The molecule has 1 aromatic heterocycles. The fourth-order valence-corrected chi connectivity index (χ4v) is 4.31. The molecule has 0 bridgehead atoms. The molecule has 0 unspecified atom stereocenters. The van der Waals surface area contributed by atoms with Crippen LogP contribution in [-0.2, 0) is 13.6 Å². The van der Waals surface area contributed by atoms with Crippen molar-refractivity contribution in [2.45, 2.75) is 38.1 Å². The van der Waals surface area contributed by atoms with E-state index in [-0.39, 0.29) is 5.91 Å². The lowest BCUT2D eigenvalue weighted by molar-refractivity contribution is 0.0758. The number of carbonyl (C=O) groups excluding carboxylic acids is 1. The maximum absolute atomic E-state index is 12.8. The van der Waals surface area contributed by atoms with Gasteiger partial charge in [0.15, 0.2) is 0 Å². The quantitative estimate of drug-likeness (QED) is 0.779.